The molecule has 2 aromatic rings. The predicted molar refractivity (Wildman–Crippen MR) is 70.1 cm³/mol. The lowest BCUT2D eigenvalue weighted by Crippen LogP contribution is -2.41. The SMILES string of the molecule is O=C(NC1CONC1=O)c1ccc(-c2noc(C(F)(F)F)n2)cc1. The zero-order valence-electron chi connectivity index (χ0n) is 11.8. The summed E-state index contributed by atoms with van der Waals surface area (Å²) in [5, 5.41) is 5.70. The van der Waals surface area contributed by atoms with Gasteiger partial charge in [0.1, 0.15) is 12.6 Å². The summed E-state index contributed by atoms with van der Waals surface area (Å²) in [6.45, 7) is 0.00569. The molecule has 1 aliphatic rings. The van der Waals surface area contributed by atoms with Gasteiger partial charge in [0.2, 0.25) is 5.82 Å². The van der Waals surface area contributed by atoms with Gasteiger partial charge in [-0.25, -0.2) is 5.48 Å². The molecule has 0 radical (unpaired) electrons. The van der Waals surface area contributed by atoms with Gasteiger partial charge in [-0.1, -0.05) is 17.3 Å². The van der Waals surface area contributed by atoms with Crippen LogP contribution in [0.5, 0.6) is 0 Å². The van der Waals surface area contributed by atoms with E-state index in [1.54, 1.807) is 0 Å². The second-order valence-electron chi connectivity index (χ2n) is 4.80. The molecule has 0 aliphatic carbocycles. The van der Waals surface area contributed by atoms with Crippen LogP contribution in [0.25, 0.3) is 11.4 Å². The van der Waals surface area contributed by atoms with Crippen molar-refractivity contribution in [3.05, 3.63) is 35.7 Å². The highest BCUT2D eigenvalue weighted by Crippen LogP contribution is 2.29. The third kappa shape index (κ3) is 3.20. The summed E-state index contributed by atoms with van der Waals surface area (Å²) < 4.78 is 41.4. The van der Waals surface area contributed by atoms with Gasteiger partial charge in [-0.05, 0) is 12.1 Å². The van der Waals surface area contributed by atoms with Crippen molar-refractivity contribution in [3.63, 3.8) is 0 Å². The van der Waals surface area contributed by atoms with Crippen LogP contribution in [-0.2, 0) is 15.8 Å². The molecule has 0 bridgehead atoms. The van der Waals surface area contributed by atoms with Crippen LogP contribution in [0.4, 0.5) is 13.2 Å². The van der Waals surface area contributed by atoms with Crippen LogP contribution in [0, 0.1) is 0 Å². The van der Waals surface area contributed by atoms with Crippen molar-refractivity contribution in [3.8, 4) is 11.4 Å². The van der Waals surface area contributed by atoms with E-state index >= 15 is 0 Å². The molecule has 1 atom stereocenters. The average molecular weight is 342 g/mol. The van der Waals surface area contributed by atoms with Crippen molar-refractivity contribution in [2.45, 2.75) is 12.2 Å². The van der Waals surface area contributed by atoms with Gasteiger partial charge >= 0.3 is 12.1 Å². The van der Waals surface area contributed by atoms with Gasteiger partial charge < -0.3 is 9.84 Å². The van der Waals surface area contributed by atoms with E-state index in [1.165, 1.54) is 24.3 Å². The molecule has 1 unspecified atom stereocenters. The molecule has 0 spiro atoms. The number of benzene rings is 1. The van der Waals surface area contributed by atoms with Crippen molar-refractivity contribution < 1.29 is 32.1 Å². The maximum atomic E-state index is 12.4. The second-order valence-corrected chi connectivity index (χ2v) is 4.80. The Morgan fingerprint density at radius 3 is 2.54 bits per heavy atom. The number of amides is 2. The molecule has 3 rings (SSSR count). The predicted octanol–water partition coefficient (Wildman–Crippen LogP) is 0.915. The first-order chi connectivity index (χ1) is 11.3. The van der Waals surface area contributed by atoms with Crippen LogP contribution in [0.2, 0.25) is 0 Å². The van der Waals surface area contributed by atoms with Gasteiger partial charge in [0.25, 0.3) is 11.8 Å². The first kappa shape index (κ1) is 15.9. The first-order valence-corrected chi connectivity index (χ1v) is 6.58. The molecule has 8 nitrogen and oxygen atoms in total. The Morgan fingerprint density at radius 1 is 1.29 bits per heavy atom. The molecule has 1 fully saturated rings. The minimum atomic E-state index is -4.73. The highest BCUT2D eigenvalue weighted by molar-refractivity contribution is 5.98. The normalized spacial score (nSPS) is 17.6. The first-order valence-electron chi connectivity index (χ1n) is 6.58. The van der Waals surface area contributed by atoms with E-state index in [2.05, 4.69) is 30.3 Å². The van der Waals surface area contributed by atoms with Crippen molar-refractivity contribution in [1.29, 1.82) is 0 Å². The fraction of sp³-hybridized carbons (Fsp3) is 0.231. The number of hydrogen-bond acceptors (Lipinski definition) is 6. The summed E-state index contributed by atoms with van der Waals surface area (Å²) in [5.74, 6) is -2.70. The third-order valence-electron chi connectivity index (χ3n) is 3.12. The molecule has 1 aromatic carbocycles. The Kier molecular flexibility index (Phi) is 3.93. The standard InChI is InChI=1S/C13H9F3N4O4/c14-13(15,16)12-18-9(19-24-12)6-1-3-7(4-2-6)10(21)17-8-5-23-20-11(8)22/h1-4,8H,5H2,(H,17,21)(H,20,22). The lowest BCUT2D eigenvalue weighted by molar-refractivity contribution is -0.159. The van der Waals surface area contributed by atoms with Crippen LogP contribution in [0.15, 0.2) is 28.8 Å². The number of nitrogens with zero attached hydrogens (tertiary/aromatic N) is 2. The smallest absolute Gasteiger partial charge is 0.338 e. The lowest BCUT2D eigenvalue weighted by Gasteiger charge is -2.08. The molecule has 24 heavy (non-hydrogen) atoms. The van der Waals surface area contributed by atoms with Crippen LogP contribution in [-0.4, -0.2) is 34.6 Å². The Labute approximate surface area is 131 Å². The Morgan fingerprint density at radius 2 is 2.00 bits per heavy atom. The molecule has 1 aliphatic heterocycles. The number of hydroxylamine groups is 1. The Bertz CT molecular complexity index is 772. The van der Waals surface area contributed by atoms with E-state index in [4.69, 9.17) is 0 Å². The molecular weight excluding hydrogens is 333 g/mol. The van der Waals surface area contributed by atoms with Crippen LogP contribution in [0.3, 0.4) is 0 Å². The molecule has 0 saturated carbocycles. The van der Waals surface area contributed by atoms with E-state index < -0.39 is 29.9 Å². The van der Waals surface area contributed by atoms with Crippen LogP contribution >= 0.6 is 0 Å². The fourth-order valence-electron chi connectivity index (χ4n) is 1.92. The van der Waals surface area contributed by atoms with Crippen molar-refractivity contribution in [2.24, 2.45) is 0 Å². The quantitative estimate of drug-likeness (QED) is 0.859. The summed E-state index contributed by atoms with van der Waals surface area (Å²) in [6.07, 6.45) is -4.73. The molecule has 11 heteroatoms. The van der Waals surface area contributed by atoms with Crippen LogP contribution in [0.1, 0.15) is 16.2 Å². The average Bonchev–Trinajstić information content (AvgIpc) is 3.17. The summed E-state index contributed by atoms with van der Waals surface area (Å²) >= 11 is 0. The number of halogens is 3. The number of alkyl halides is 3. The number of rotatable bonds is 3. The van der Waals surface area contributed by atoms with Gasteiger partial charge in [-0.2, -0.15) is 18.2 Å². The number of nitrogens with one attached hydrogen (secondary N) is 2. The summed E-state index contributed by atoms with van der Waals surface area (Å²) in [7, 11) is 0. The maximum absolute atomic E-state index is 12.4. The largest absolute Gasteiger partial charge is 0.471 e. The van der Waals surface area contributed by atoms with Gasteiger partial charge in [-0.3, -0.25) is 14.4 Å². The van der Waals surface area contributed by atoms with E-state index in [0.717, 1.165) is 0 Å². The highest BCUT2D eigenvalue weighted by Gasteiger charge is 2.38. The summed E-state index contributed by atoms with van der Waals surface area (Å²) in [5.41, 5.74) is 2.55. The third-order valence-corrected chi connectivity index (χ3v) is 3.12. The van der Waals surface area contributed by atoms with Crippen molar-refractivity contribution >= 4 is 11.8 Å². The molecule has 2 amide bonds. The van der Waals surface area contributed by atoms with Gasteiger partial charge in [0.05, 0.1) is 0 Å². The number of carbonyl (C=O) groups excluding carboxylic acids is 2. The van der Waals surface area contributed by atoms with E-state index in [9.17, 15) is 22.8 Å². The van der Waals surface area contributed by atoms with Gasteiger partial charge in [0.15, 0.2) is 0 Å². The van der Waals surface area contributed by atoms with Crippen LogP contribution < -0.4 is 10.8 Å². The fourth-order valence-corrected chi connectivity index (χ4v) is 1.92. The summed E-state index contributed by atoms with van der Waals surface area (Å²) in [6, 6.07) is 4.66. The molecule has 1 aromatic heterocycles. The monoisotopic (exact) mass is 342 g/mol. The van der Waals surface area contributed by atoms with E-state index in [0.29, 0.717) is 0 Å². The van der Waals surface area contributed by atoms with E-state index in [1.807, 2.05) is 0 Å². The van der Waals surface area contributed by atoms with Crippen molar-refractivity contribution in [1.82, 2.24) is 20.9 Å². The number of aromatic nitrogens is 2. The number of hydrogen-bond donors (Lipinski definition) is 2. The zero-order chi connectivity index (χ0) is 17.3. The molecule has 2 heterocycles. The number of carbonyl (C=O) groups is 2. The summed E-state index contributed by atoms with van der Waals surface area (Å²) in [4.78, 5) is 31.2. The second kappa shape index (κ2) is 5.92. The highest BCUT2D eigenvalue weighted by atomic mass is 19.4. The lowest BCUT2D eigenvalue weighted by atomic mass is 10.1. The van der Waals surface area contributed by atoms with Gasteiger partial charge in [0, 0.05) is 11.1 Å². The minimum Gasteiger partial charge on any atom is -0.338 e. The molecular formula is C13H9F3N4O4. The van der Waals surface area contributed by atoms with Crippen molar-refractivity contribution in [2.75, 3.05) is 6.61 Å². The molecule has 2 N–H and O–H groups in total. The molecule has 126 valence electrons. The van der Waals surface area contributed by atoms with E-state index in [-0.39, 0.29) is 23.6 Å². The minimum absolute atomic E-state index is 0.00569. The maximum Gasteiger partial charge on any atom is 0.471 e. The Hall–Kier alpha value is -2.95. The molecule has 1 saturated heterocycles. The Balaban J connectivity index is 1.72. The topological polar surface area (TPSA) is 106 Å². The van der Waals surface area contributed by atoms with Gasteiger partial charge in [-0.15, -0.1) is 0 Å². The zero-order valence-corrected chi connectivity index (χ0v) is 11.8.